The molecule has 0 aliphatic heterocycles. The van der Waals surface area contributed by atoms with Gasteiger partial charge in [-0.05, 0) is 48.5 Å². The van der Waals surface area contributed by atoms with Crippen LogP contribution in [-0.4, -0.2) is 43.6 Å². The Morgan fingerprint density at radius 2 is 2.12 bits per heavy atom. The zero-order valence-electron chi connectivity index (χ0n) is 13.8. The van der Waals surface area contributed by atoms with Crippen LogP contribution in [-0.2, 0) is 4.79 Å². The third-order valence-corrected chi connectivity index (χ3v) is 4.32. The van der Waals surface area contributed by atoms with Crippen molar-refractivity contribution < 1.29 is 14.1 Å². The highest BCUT2D eigenvalue weighted by molar-refractivity contribution is 8.00. The Morgan fingerprint density at radius 3 is 2.76 bits per heavy atom. The summed E-state index contributed by atoms with van der Waals surface area (Å²) in [6.07, 6.45) is 0. The van der Waals surface area contributed by atoms with Gasteiger partial charge in [0, 0.05) is 6.07 Å². The molecule has 0 saturated heterocycles. The summed E-state index contributed by atoms with van der Waals surface area (Å²) in [6, 6.07) is 8.95. The van der Waals surface area contributed by atoms with Crippen molar-refractivity contribution in [3.63, 3.8) is 0 Å². The van der Waals surface area contributed by atoms with Crippen LogP contribution in [0.3, 0.4) is 0 Å². The van der Waals surface area contributed by atoms with Crippen LogP contribution in [0.5, 0.6) is 5.75 Å². The molecule has 10 heteroatoms. The number of hydrogen-bond donors (Lipinski definition) is 1. The van der Waals surface area contributed by atoms with E-state index < -0.39 is 5.25 Å². The molecule has 0 aliphatic carbocycles. The molecule has 0 radical (unpaired) electrons. The third kappa shape index (κ3) is 3.97. The number of nitrogens with zero attached hydrogens (tertiary/aromatic N) is 5. The van der Waals surface area contributed by atoms with Crippen molar-refractivity contribution in [2.24, 2.45) is 0 Å². The number of nitrogens with one attached hydrogen (secondary N) is 1. The van der Waals surface area contributed by atoms with Gasteiger partial charge in [-0.25, -0.2) is 0 Å². The van der Waals surface area contributed by atoms with Crippen molar-refractivity contribution in [1.82, 2.24) is 25.4 Å². The van der Waals surface area contributed by atoms with Crippen LogP contribution < -0.4 is 10.1 Å². The third-order valence-electron chi connectivity index (χ3n) is 3.29. The van der Waals surface area contributed by atoms with Gasteiger partial charge in [0.2, 0.25) is 11.1 Å². The van der Waals surface area contributed by atoms with Gasteiger partial charge >= 0.3 is 0 Å². The molecule has 2 aromatic heterocycles. The van der Waals surface area contributed by atoms with E-state index in [1.54, 1.807) is 31.7 Å². The molecule has 0 spiro atoms. The minimum atomic E-state index is -0.431. The van der Waals surface area contributed by atoms with Gasteiger partial charge in [0.15, 0.2) is 5.82 Å². The van der Waals surface area contributed by atoms with Crippen LogP contribution >= 0.6 is 11.8 Å². The van der Waals surface area contributed by atoms with Gasteiger partial charge in [-0.2, -0.15) is 4.68 Å². The fourth-order valence-electron chi connectivity index (χ4n) is 2.00. The average molecular weight is 360 g/mol. The summed E-state index contributed by atoms with van der Waals surface area (Å²) >= 11 is 1.24. The molecule has 0 saturated carbocycles. The first-order valence-corrected chi connectivity index (χ1v) is 8.28. The zero-order chi connectivity index (χ0) is 17.8. The van der Waals surface area contributed by atoms with Crippen LogP contribution in [0.4, 0.5) is 5.82 Å². The molecule has 3 rings (SSSR count). The Bertz CT molecular complexity index is 860. The molecule has 3 aromatic rings. The quantitative estimate of drug-likeness (QED) is 0.666. The predicted octanol–water partition coefficient (Wildman–Crippen LogP) is 2.09. The van der Waals surface area contributed by atoms with Crippen molar-refractivity contribution >= 4 is 23.5 Å². The lowest BCUT2D eigenvalue weighted by Crippen LogP contribution is -2.23. The van der Waals surface area contributed by atoms with Gasteiger partial charge in [-0.1, -0.05) is 16.9 Å². The molecule has 1 N–H and O–H groups in total. The molecule has 9 nitrogen and oxygen atoms in total. The number of carbonyl (C=O) groups is 1. The number of amides is 1. The number of methoxy groups -OCH3 is 1. The molecule has 1 amide bonds. The second-order valence-corrected chi connectivity index (χ2v) is 6.45. The van der Waals surface area contributed by atoms with E-state index in [2.05, 4.69) is 26.0 Å². The highest BCUT2D eigenvalue weighted by atomic mass is 32.2. The fraction of sp³-hybridized carbons (Fsp3) is 0.267. The summed E-state index contributed by atoms with van der Waals surface area (Å²) in [5.41, 5.74) is 0.771. The van der Waals surface area contributed by atoms with Gasteiger partial charge in [0.05, 0.1) is 18.0 Å². The number of hydrogen-bond acceptors (Lipinski definition) is 8. The average Bonchev–Trinajstić information content (AvgIpc) is 3.24. The highest BCUT2D eigenvalue weighted by Gasteiger charge is 2.20. The lowest BCUT2D eigenvalue weighted by atomic mass is 10.3. The summed E-state index contributed by atoms with van der Waals surface area (Å²) in [5.74, 6) is 1.52. The van der Waals surface area contributed by atoms with Crippen molar-refractivity contribution in [3.8, 4) is 11.4 Å². The van der Waals surface area contributed by atoms with E-state index in [1.807, 2.05) is 24.3 Å². The normalized spacial score (nSPS) is 12.0. The van der Waals surface area contributed by atoms with E-state index in [0.29, 0.717) is 16.7 Å². The largest absolute Gasteiger partial charge is 0.497 e. The number of ether oxygens (including phenoxy) is 1. The number of anilines is 1. The Morgan fingerprint density at radius 1 is 1.36 bits per heavy atom. The lowest BCUT2D eigenvalue weighted by Gasteiger charge is -2.10. The monoisotopic (exact) mass is 360 g/mol. The summed E-state index contributed by atoms with van der Waals surface area (Å²) in [6.45, 7) is 3.52. The van der Waals surface area contributed by atoms with E-state index in [1.165, 1.54) is 11.8 Å². The van der Waals surface area contributed by atoms with Gasteiger partial charge in [-0.15, -0.1) is 5.10 Å². The number of tetrazole rings is 1. The number of aromatic nitrogens is 5. The summed E-state index contributed by atoms with van der Waals surface area (Å²) < 4.78 is 11.6. The molecule has 130 valence electrons. The Hall–Kier alpha value is -2.88. The topological polar surface area (TPSA) is 108 Å². The Balaban J connectivity index is 1.70. The van der Waals surface area contributed by atoms with E-state index in [-0.39, 0.29) is 5.91 Å². The van der Waals surface area contributed by atoms with Gasteiger partial charge in [-0.3, -0.25) is 4.79 Å². The zero-order valence-corrected chi connectivity index (χ0v) is 14.6. The highest BCUT2D eigenvalue weighted by Crippen LogP contribution is 2.24. The van der Waals surface area contributed by atoms with Crippen LogP contribution in [0.15, 0.2) is 40.0 Å². The van der Waals surface area contributed by atoms with E-state index in [9.17, 15) is 4.79 Å². The number of thioether (sulfide) groups is 1. The van der Waals surface area contributed by atoms with Gasteiger partial charge < -0.3 is 14.6 Å². The number of aryl methyl sites for hydroxylation is 1. The summed E-state index contributed by atoms with van der Waals surface area (Å²) in [7, 11) is 1.60. The summed E-state index contributed by atoms with van der Waals surface area (Å²) in [5, 5.41) is 18.2. The van der Waals surface area contributed by atoms with Crippen LogP contribution in [0.1, 0.15) is 12.7 Å². The van der Waals surface area contributed by atoms with Crippen LogP contribution in [0, 0.1) is 6.92 Å². The minimum Gasteiger partial charge on any atom is -0.497 e. The Labute approximate surface area is 147 Å². The molecule has 1 unspecified atom stereocenters. The maximum atomic E-state index is 12.3. The summed E-state index contributed by atoms with van der Waals surface area (Å²) in [4.78, 5) is 12.3. The predicted molar refractivity (Wildman–Crippen MR) is 90.9 cm³/mol. The molecule has 1 aromatic carbocycles. The standard InChI is InChI=1S/C15H16N6O3S/c1-9-8-13(18-24-9)16-14(22)10(2)25-15-17-19-20-21(15)11-4-6-12(23-3)7-5-11/h4-8,10H,1-3H3,(H,16,18,22). The number of benzene rings is 1. The number of carbonyl (C=O) groups excluding carboxylic acids is 1. The number of rotatable bonds is 6. The van der Waals surface area contributed by atoms with E-state index in [0.717, 1.165) is 11.4 Å². The fourth-order valence-corrected chi connectivity index (χ4v) is 2.81. The molecule has 25 heavy (non-hydrogen) atoms. The first-order chi connectivity index (χ1) is 12.1. The van der Waals surface area contributed by atoms with Crippen LogP contribution in [0.25, 0.3) is 5.69 Å². The lowest BCUT2D eigenvalue weighted by molar-refractivity contribution is -0.115. The smallest absolute Gasteiger partial charge is 0.238 e. The van der Waals surface area contributed by atoms with Gasteiger partial charge in [0.1, 0.15) is 11.5 Å². The second kappa shape index (κ2) is 7.34. The van der Waals surface area contributed by atoms with Crippen molar-refractivity contribution in [2.75, 3.05) is 12.4 Å². The maximum absolute atomic E-state index is 12.3. The van der Waals surface area contributed by atoms with E-state index >= 15 is 0 Å². The van der Waals surface area contributed by atoms with Crippen molar-refractivity contribution in [3.05, 3.63) is 36.1 Å². The second-order valence-electron chi connectivity index (χ2n) is 5.14. The maximum Gasteiger partial charge on any atom is 0.238 e. The minimum absolute atomic E-state index is 0.220. The van der Waals surface area contributed by atoms with Gasteiger partial charge in [0.25, 0.3) is 0 Å². The van der Waals surface area contributed by atoms with E-state index in [4.69, 9.17) is 9.26 Å². The molecule has 0 aliphatic rings. The molecule has 1 atom stereocenters. The molecular formula is C15H16N6O3S. The van der Waals surface area contributed by atoms with Crippen molar-refractivity contribution in [1.29, 1.82) is 0 Å². The van der Waals surface area contributed by atoms with Crippen molar-refractivity contribution in [2.45, 2.75) is 24.3 Å². The molecule has 0 fully saturated rings. The van der Waals surface area contributed by atoms with Crippen LogP contribution in [0.2, 0.25) is 0 Å². The molecule has 2 heterocycles. The molecule has 0 bridgehead atoms. The SMILES string of the molecule is COc1ccc(-n2nnnc2SC(C)C(=O)Nc2cc(C)on2)cc1. The first-order valence-electron chi connectivity index (χ1n) is 7.40. The first kappa shape index (κ1) is 17.0. The molecular weight excluding hydrogens is 344 g/mol. The Kier molecular flexibility index (Phi) is 4.98.